The molecular weight excluding hydrogens is 562 g/mol. The summed E-state index contributed by atoms with van der Waals surface area (Å²) in [5.41, 5.74) is 12.0. The van der Waals surface area contributed by atoms with Crippen molar-refractivity contribution in [3.63, 3.8) is 0 Å². The topological polar surface area (TPSA) is 98.4 Å². The van der Waals surface area contributed by atoms with Crippen LogP contribution in [0.5, 0.6) is 0 Å². The van der Waals surface area contributed by atoms with Gasteiger partial charge < -0.3 is 19.5 Å². The predicted molar refractivity (Wildman–Crippen MR) is 162 cm³/mol. The molecule has 2 aliphatic rings. The van der Waals surface area contributed by atoms with Crippen LogP contribution >= 0.6 is 0 Å². The van der Waals surface area contributed by atoms with E-state index in [1.165, 1.54) is 17.0 Å². The van der Waals surface area contributed by atoms with Gasteiger partial charge in [0, 0.05) is 28.6 Å². The Bertz CT molecular complexity index is 2010. The van der Waals surface area contributed by atoms with Crippen molar-refractivity contribution in [2.24, 2.45) is 0 Å². The van der Waals surface area contributed by atoms with Crippen LogP contribution in [0.25, 0.3) is 44.7 Å². The molecule has 2 atom stereocenters. The molecule has 1 saturated carbocycles. The van der Waals surface area contributed by atoms with Crippen molar-refractivity contribution in [1.29, 1.82) is 0 Å². The van der Waals surface area contributed by atoms with Crippen LogP contribution in [0.1, 0.15) is 40.1 Å². The molecule has 2 unspecified atom stereocenters. The SMILES string of the molecule is Nc1ccc(C2CC2c2nc(-c3cc4cc(-c5ccc(C(=O)N6CC(F)C6)cc5)cc(-c5ccc(F)cc5)c4o3)co2)cn1. The van der Waals surface area contributed by atoms with E-state index in [9.17, 15) is 13.6 Å². The molecule has 1 saturated heterocycles. The Kier molecular flexibility index (Phi) is 6.08. The number of rotatable bonds is 6. The highest BCUT2D eigenvalue weighted by atomic mass is 19.1. The van der Waals surface area contributed by atoms with Crippen LogP contribution in [-0.2, 0) is 0 Å². The van der Waals surface area contributed by atoms with Crippen molar-refractivity contribution in [3.05, 3.63) is 114 Å². The monoisotopic (exact) mass is 588 g/mol. The van der Waals surface area contributed by atoms with Crippen molar-refractivity contribution in [3.8, 4) is 33.7 Å². The number of aromatic nitrogens is 2. The molecule has 4 heterocycles. The third kappa shape index (κ3) is 4.70. The summed E-state index contributed by atoms with van der Waals surface area (Å²) in [6, 6.07) is 23.3. The summed E-state index contributed by atoms with van der Waals surface area (Å²) >= 11 is 0. The maximum atomic E-state index is 13.8. The zero-order valence-electron chi connectivity index (χ0n) is 23.4. The average Bonchev–Trinajstić information content (AvgIpc) is 3.45. The van der Waals surface area contributed by atoms with E-state index in [2.05, 4.69) is 4.98 Å². The van der Waals surface area contributed by atoms with Crippen molar-refractivity contribution >= 4 is 22.7 Å². The van der Waals surface area contributed by atoms with Crippen molar-refractivity contribution in [2.75, 3.05) is 18.8 Å². The fraction of sp³-hybridized carbons (Fsp3) is 0.171. The summed E-state index contributed by atoms with van der Waals surface area (Å²) in [7, 11) is 0. The molecule has 1 aliphatic heterocycles. The number of amides is 1. The number of likely N-dealkylation sites (tertiary alicyclic amines) is 1. The molecule has 3 aromatic carbocycles. The van der Waals surface area contributed by atoms with E-state index in [-0.39, 0.29) is 36.6 Å². The minimum Gasteiger partial charge on any atom is -0.454 e. The molecule has 1 aliphatic carbocycles. The van der Waals surface area contributed by atoms with E-state index in [4.69, 9.17) is 19.6 Å². The number of nitrogens with two attached hydrogens (primary N) is 1. The lowest BCUT2D eigenvalue weighted by molar-refractivity contribution is 0.0400. The predicted octanol–water partition coefficient (Wildman–Crippen LogP) is 7.60. The van der Waals surface area contributed by atoms with Gasteiger partial charge in [0.05, 0.1) is 13.1 Å². The van der Waals surface area contributed by atoms with Crippen molar-refractivity contribution in [1.82, 2.24) is 14.9 Å². The van der Waals surface area contributed by atoms with Crippen LogP contribution in [0.15, 0.2) is 100 Å². The molecule has 218 valence electrons. The highest BCUT2D eigenvalue weighted by Crippen LogP contribution is 2.54. The number of furan rings is 1. The van der Waals surface area contributed by atoms with Gasteiger partial charge in [-0.3, -0.25) is 4.79 Å². The van der Waals surface area contributed by atoms with E-state index < -0.39 is 6.17 Å². The number of carbonyl (C=O) groups excluding carboxylic acids is 1. The Morgan fingerprint density at radius 3 is 2.41 bits per heavy atom. The van der Waals surface area contributed by atoms with Gasteiger partial charge in [-0.05, 0) is 83.1 Å². The smallest absolute Gasteiger partial charge is 0.254 e. The molecule has 44 heavy (non-hydrogen) atoms. The molecule has 3 aromatic heterocycles. The first-order valence-electron chi connectivity index (χ1n) is 14.4. The second-order valence-electron chi connectivity index (χ2n) is 11.5. The third-order valence-electron chi connectivity index (χ3n) is 8.48. The van der Waals surface area contributed by atoms with Crippen LogP contribution in [0, 0.1) is 5.82 Å². The molecular formula is C35H26F2N4O3. The van der Waals surface area contributed by atoms with Gasteiger partial charge in [0.1, 0.15) is 35.3 Å². The number of hydrogen-bond acceptors (Lipinski definition) is 6. The molecule has 8 rings (SSSR count). The average molecular weight is 589 g/mol. The lowest BCUT2D eigenvalue weighted by Crippen LogP contribution is -2.51. The number of alkyl halides is 1. The van der Waals surface area contributed by atoms with Crippen molar-refractivity contribution in [2.45, 2.75) is 24.4 Å². The highest BCUT2D eigenvalue weighted by molar-refractivity contribution is 5.99. The second-order valence-corrected chi connectivity index (χ2v) is 11.5. The Hall–Kier alpha value is -5.31. The van der Waals surface area contributed by atoms with E-state index in [1.54, 1.807) is 42.8 Å². The zero-order chi connectivity index (χ0) is 29.9. The minimum atomic E-state index is -0.948. The van der Waals surface area contributed by atoms with Gasteiger partial charge in [-0.1, -0.05) is 30.3 Å². The number of nitrogen functional groups attached to an aromatic ring is 1. The Labute approximate surface area is 251 Å². The summed E-state index contributed by atoms with van der Waals surface area (Å²) in [4.78, 5) is 23.1. The highest BCUT2D eigenvalue weighted by Gasteiger charge is 2.43. The van der Waals surface area contributed by atoms with Crippen LogP contribution in [-0.4, -0.2) is 40.0 Å². The number of carbonyl (C=O) groups is 1. The lowest BCUT2D eigenvalue weighted by Gasteiger charge is -2.34. The molecule has 2 fully saturated rings. The van der Waals surface area contributed by atoms with E-state index in [1.807, 2.05) is 36.4 Å². The fourth-order valence-electron chi connectivity index (χ4n) is 5.91. The first-order valence-corrected chi connectivity index (χ1v) is 14.4. The van der Waals surface area contributed by atoms with Gasteiger partial charge in [0.15, 0.2) is 11.7 Å². The number of nitrogens with zero attached hydrogens (tertiary/aromatic N) is 3. The number of fused-ring (bicyclic) bond motifs is 1. The van der Waals surface area contributed by atoms with Gasteiger partial charge in [0.25, 0.3) is 5.91 Å². The maximum Gasteiger partial charge on any atom is 0.254 e. The largest absolute Gasteiger partial charge is 0.454 e. The summed E-state index contributed by atoms with van der Waals surface area (Å²) in [5, 5.41) is 0.841. The Morgan fingerprint density at radius 1 is 0.909 bits per heavy atom. The van der Waals surface area contributed by atoms with Gasteiger partial charge >= 0.3 is 0 Å². The third-order valence-corrected chi connectivity index (χ3v) is 8.48. The number of anilines is 1. The van der Waals surface area contributed by atoms with Crippen LogP contribution in [0.3, 0.4) is 0 Å². The summed E-state index contributed by atoms with van der Waals surface area (Å²) in [6.45, 7) is 0.269. The first-order chi connectivity index (χ1) is 21.4. The Balaban J connectivity index is 1.13. The van der Waals surface area contributed by atoms with Crippen LogP contribution in [0.4, 0.5) is 14.6 Å². The number of pyridine rings is 1. The second kappa shape index (κ2) is 10.2. The van der Waals surface area contributed by atoms with Crippen LogP contribution in [0.2, 0.25) is 0 Å². The van der Waals surface area contributed by atoms with E-state index >= 15 is 0 Å². The zero-order valence-corrected chi connectivity index (χ0v) is 23.4. The molecule has 0 spiro atoms. The quantitative estimate of drug-likeness (QED) is 0.215. The number of halogens is 2. The molecule has 0 bridgehead atoms. The van der Waals surface area contributed by atoms with Gasteiger partial charge in [-0.15, -0.1) is 0 Å². The molecule has 9 heteroatoms. The maximum absolute atomic E-state index is 13.8. The summed E-state index contributed by atoms with van der Waals surface area (Å²) < 4.78 is 39.4. The van der Waals surface area contributed by atoms with E-state index in [0.29, 0.717) is 34.3 Å². The number of oxazole rings is 1. The normalized spacial score (nSPS) is 18.0. The number of hydrogen-bond donors (Lipinski definition) is 1. The van der Waals surface area contributed by atoms with Crippen LogP contribution < -0.4 is 5.73 Å². The fourth-order valence-corrected chi connectivity index (χ4v) is 5.91. The molecule has 7 nitrogen and oxygen atoms in total. The summed E-state index contributed by atoms with van der Waals surface area (Å²) in [5.74, 6) is 1.64. The van der Waals surface area contributed by atoms with Gasteiger partial charge in [-0.25, -0.2) is 18.7 Å². The molecule has 6 aromatic rings. The minimum absolute atomic E-state index is 0.134. The number of benzene rings is 3. The Morgan fingerprint density at radius 2 is 1.68 bits per heavy atom. The van der Waals surface area contributed by atoms with Crippen molar-refractivity contribution < 1.29 is 22.4 Å². The van der Waals surface area contributed by atoms with Gasteiger partial charge in [0.2, 0.25) is 0 Å². The molecule has 2 N–H and O–H groups in total. The van der Waals surface area contributed by atoms with E-state index in [0.717, 1.165) is 39.6 Å². The lowest BCUT2D eigenvalue weighted by atomic mass is 9.96. The van der Waals surface area contributed by atoms with Gasteiger partial charge in [-0.2, -0.15) is 0 Å². The standard InChI is InChI=1S/C35H26F2N4O3/c36-25-8-5-20(6-9-25)28-12-23(19-1-3-21(4-2-19)35(42)41-16-26(37)17-41)11-24-13-31(44-33(24)28)30-18-43-34(40-30)29-14-27(29)22-7-10-32(38)39-15-22/h1-13,15,18,26-27,29H,14,16-17H2,(H2,38,39). The molecule has 0 radical (unpaired) electrons. The summed E-state index contributed by atoms with van der Waals surface area (Å²) in [6.07, 6.45) is 3.39. The first kappa shape index (κ1) is 26.3. The molecule has 1 amide bonds.